The monoisotopic (exact) mass is 185 g/mol. The van der Waals surface area contributed by atoms with Crippen LogP contribution in [0.15, 0.2) is 5.38 Å². The molecule has 0 fully saturated rings. The minimum absolute atomic E-state index is 0.563. The topological polar surface area (TPSA) is 68.0 Å². The molecule has 1 aromatic heterocycles. The van der Waals surface area contributed by atoms with Crippen molar-refractivity contribution in [2.75, 3.05) is 5.32 Å². The minimum Gasteiger partial charge on any atom is -0.351 e. The van der Waals surface area contributed by atoms with E-state index < -0.39 is 6.03 Å². The van der Waals surface area contributed by atoms with E-state index in [-0.39, 0.29) is 0 Å². The first-order chi connectivity index (χ1) is 5.72. The van der Waals surface area contributed by atoms with E-state index in [0.29, 0.717) is 5.13 Å². The van der Waals surface area contributed by atoms with Crippen LogP contribution in [0.2, 0.25) is 0 Å². The minimum atomic E-state index is -0.563. The SMILES string of the molecule is CCCc1csc(NC(N)=O)n1. The Morgan fingerprint density at radius 3 is 3.17 bits per heavy atom. The number of aryl methyl sites for hydroxylation is 1. The molecule has 0 radical (unpaired) electrons. The molecular weight excluding hydrogens is 174 g/mol. The lowest BCUT2D eigenvalue weighted by molar-refractivity contribution is 0.259. The molecule has 0 aliphatic rings. The Balaban J connectivity index is 2.58. The van der Waals surface area contributed by atoms with Gasteiger partial charge in [-0.15, -0.1) is 11.3 Å². The molecule has 2 amide bonds. The van der Waals surface area contributed by atoms with Gasteiger partial charge in [0.2, 0.25) is 0 Å². The lowest BCUT2D eigenvalue weighted by atomic mass is 10.3. The summed E-state index contributed by atoms with van der Waals surface area (Å²) in [7, 11) is 0. The highest BCUT2D eigenvalue weighted by molar-refractivity contribution is 7.13. The van der Waals surface area contributed by atoms with Crippen LogP contribution >= 0.6 is 11.3 Å². The third-order valence-electron chi connectivity index (χ3n) is 1.29. The molecule has 1 aromatic rings. The number of amides is 2. The summed E-state index contributed by atoms with van der Waals surface area (Å²) in [5.41, 5.74) is 5.93. The van der Waals surface area contributed by atoms with Gasteiger partial charge in [0.25, 0.3) is 0 Å². The van der Waals surface area contributed by atoms with Crippen LogP contribution in [0.4, 0.5) is 9.93 Å². The van der Waals surface area contributed by atoms with Gasteiger partial charge in [0, 0.05) is 5.38 Å². The van der Waals surface area contributed by atoms with Crippen LogP contribution in [0.1, 0.15) is 19.0 Å². The molecule has 0 spiro atoms. The van der Waals surface area contributed by atoms with Crippen molar-refractivity contribution in [3.63, 3.8) is 0 Å². The van der Waals surface area contributed by atoms with Crippen LogP contribution < -0.4 is 11.1 Å². The maximum absolute atomic E-state index is 10.4. The molecule has 3 N–H and O–H groups in total. The lowest BCUT2D eigenvalue weighted by Gasteiger charge is -1.92. The van der Waals surface area contributed by atoms with Crippen molar-refractivity contribution in [3.8, 4) is 0 Å². The van der Waals surface area contributed by atoms with Gasteiger partial charge in [-0.25, -0.2) is 9.78 Å². The molecule has 0 atom stereocenters. The van der Waals surface area contributed by atoms with E-state index in [9.17, 15) is 4.79 Å². The van der Waals surface area contributed by atoms with Crippen LogP contribution in [0.25, 0.3) is 0 Å². The number of thiazole rings is 1. The number of nitrogens with zero attached hydrogens (tertiary/aromatic N) is 1. The Labute approximate surface area is 74.8 Å². The normalized spacial score (nSPS) is 9.75. The smallest absolute Gasteiger partial charge is 0.318 e. The van der Waals surface area contributed by atoms with E-state index in [1.165, 1.54) is 11.3 Å². The van der Waals surface area contributed by atoms with E-state index in [1.54, 1.807) is 0 Å². The first-order valence-corrected chi connectivity index (χ1v) is 4.61. The summed E-state index contributed by atoms with van der Waals surface area (Å²) in [4.78, 5) is 14.6. The van der Waals surface area contributed by atoms with Crippen molar-refractivity contribution in [1.29, 1.82) is 0 Å². The molecule has 0 aromatic carbocycles. The Bertz CT molecular complexity index is 271. The Morgan fingerprint density at radius 1 is 1.83 bits per heavy atom. The maximum Gasteiger partial charge on any atom is 0.318 e. The summed E-state index contributed by atoms with van der Waals surface area (Å²) in [6.07, 6.45) is 2.00. The number of primary amides is 1. The van der Waals surface area contributed by atoms with Crippen molar-refractivity contribution >= 4 is 22.5 Å². The van der Waals surface area contributed by atoms with Gasteiger partial charge in [-0.05, 0) is 6.42 Å². The van der Waals surface area contributed by atoms with E-state index in [0.717, 1.165) is 18.5 Å². The highest BCUT2D eigenvalue weighted by Crippen LogP contribution is 2.15. The number of nitrogens with two attached hydrogens (primary N) is 1. The summed E-state index contributed by atoms with van der Waals surface area (Å²) in [6.45, 7) is 2.08. The second kappa shape index (κ2) is 4.06. The molecule has 5 heteroatoms. The molecule has 0 aliphatic carbocycles. The Morgan fingerprint density at radius 2 is 2.58 bits per heavy atom. The quantitative estimate of drug-likeness (QED) is 0.750. The lowest BCUT2D eigenvalue weighted by Crippen LogP contribution is -2.19. The summed E-state index contributed by atoms with van der Waals surface area (Å²) in [5, 5.41) is 4.93. The number of hydrogen-bond donors (Lipinski definition) is 2. The molecule has 0 aliphatic heterocycles. The van der Waals surface area contributed by atoms with E-state index in [2.05, 4.69) is 17.2 Å². The van der Waals surface area contributed by atoms with Crippen molar-refractivity contribution in [3.05, 3.63) is 11.1 Å². The second-order valence-corrected chi connectivity index (χ2v) is 3.24. The number of carbonyl (C=O) groups is 1. The number of nitrogens with one attached hydrogen (secondary N) is 1. The third kappa shape index (κ3) is 2.50. The summed E-state index contributed by atoms with van der Waals surface area (Å²) >= 11 is 1.39. The van der Waals surface area contributed by atoms with Crippen molar-refractivity contribution in [2.24, 2.45) is 5.73 Å². The van der Waals surface area contributed by atoms with Crippen LogP contribution in [0, 0.1) is 0 Å². The van der Waals surface area contributed by atoms with Crippen LogP contribution in [0.5, 0.6) is 0 Å². The molecule has 4 nitrogen and oxygen atoms in total. The molecule has 66 valence electrons. The maximum atomic E-state index is 10.4. The standard InChI is InChI=1S/C7H11N3OS/c1-2-3-5-4-12-7(9-5)10-6(8)11/h4H,2-3H2,1H3,(H3,8,9,10,11). The number of carbonyl (C=O) groups excluding carboxylic acids is 1. The summed E-state index contributed by atoms with van der Waals surface area (Å²) in [5.74, 6) is 0. The zero-order chi connectivity index (χ0) is 8.97. The van der Waals surface area contributed by atoms with Gasteiger partial charge < -0.3 is 5.73 Å². The van der Waals surface area contributed by atoms with Crippen LogP contribution in [-0.4, -0.2) is 11.0 Å². The molecule has 0 bridgehead atoms. The van der Waals surface area contributed by atoms with Gasteiger partial charge in [0.15, 0.2) is 5.13 Å². The average Bonchev–Trinajstić information content (AvgIpc) is 2.36. The van der Waals surface area contributed by atoms with E-state index >= 15 is 0 Å². The van der Waals surface area contributed by atoms with Crippen LogP contribution in [0.3, 0.4) is 0 Å². The fraction of sp³-hybridized carbons (Fsp3) is 0.429. The summed E-state index contributed by atoms with van der Waals surface area (Å²) < 4.78 is 0. The molecule has 0 saturated heterocycles. The predicted molar refractivity (Wildman–Crippen MR) is 49.3 cm³/mol. The summed E-state index contributed by atoms with van der Waals surface area (Å²) in [6, 6.07) is -0.563. The first-order valence-electron chi connectivity index (χ1n) is 3.73. The average molecular weight is 185 g/mol. The Kier molecular flexibility index (Phi) is 3.04. The number of anilines is 1. The predicted octanol–water partition coefficient (Wildman–Crippen LogP) is 1.59. The van der Waals surface area contributed by atoms with Crippen molar-refractivity contribution in [2.45, 2.75) is 19.8 Å². The third-order valence-corrected chi connectivity index (χ3v) is 2.09. The molecule has 1 heterocycles. The second-order valence-electron chi connectivity index (χ2n) is 2.38. The highest BCUT2D eigenvalue weighted by Gasteiger charge is 2.01. The van der Waals surface area contributed by atoms with E-state index in [1.807, 2.05) is 5.38 Å². The van der Waals surface area contributed by atoms with Gasteiger partial charge >= 0.3 is 6.03 Å². The number of urea groups is 1. The van der Waals surface area contributed by atoms with Gasteiger partial charge in [-0.1, -0.05) is 13.3 Å². The highest BCUT2D eigenvalue weighted by atomic mass is 32.1. The molecule has 12 heavy (non-hydrogen) atoms. The van der Waals surface area contributed by atoms with Gasteiger partial charge in [-0.3, -0.25) is 5.32 Å². The largest absolute Gasteiger partial charge is 0.351 e. The number of hydrogen-bond acceptors (Lipinski definition) is 3. The fourth-order valence-corrected chi connectivity index (χ4v) is 1.59. The van der Waals surface area contributed by atoms with Crippen molar-refractivity contribution in [1.82, 2.24) is 4.98 Å². The Hall–Kier alpha value is -1.10. The molecule has 1 rings (SSSR count). The van der Waals surface area contributed by atoms with Crippen molar-refractivity contribution < 1.29 is 4.79 Å². The zero-order valence-corrected chi connectivity index (χ0v) is 7.65. The first kappa shape index (κ1) is 8.99. The fourth-order valence-electron chi connectivity index (χ4n) is 0.841. The number of aromatic nitrogens is 1. The molecule has 0 unspecified atom stereocenters. The molecule has 0 saturated carbocycles. The zero-order valence-electron chi connectivity index (χ0n) is 6.83. The van der Waals surface area contributed by atoms with E-state index in [4.69, 9.17) is 5.73 Å². The van der Waals surface area contributed by atoms with Gasteiger partial charge in [0.1, 0.15) is 0 Å². The van der Waals surface area contributed by atoms with Crippen LogP contribution in [-0.2, 0) is 6.42 Å². The number of rotatable bonds is 3. The molecular formula is C7H11N3OS. The van der Waals surface area contributed by atoms with Gasteiger partial charge in [0.05, 0.1) is 5.69 Å². The van der Waals surface area contributed by atoms with Gasteiger partial charge in [-0.2, -0.15) is 0 Å².